The van der Waals surface area contributed by atoms with Gasteiger partial charge in [-0.3, -0.25) is 4.79 Å². The minimum Gasteiger partial charge on any atom is -0.466 e. The summed E-state index contributed by atoms with van der Waals surface area (Å²) in [6.45, 7) is 6.53. The van der Waals surface area contributed by atoms with E-state index < -0.39 is 10.2 Å². The normalized spacial score (nSPS) is 17.5. The number of hydrogen-bond acceptors (Lipinski definition) is 4. The van der Waals surface area contributed by atoms with Crippen molar-refractivity contribution in [1.29, 1.82) is 0 Å². The summed E-state index contributed by atoms with van der Waals surface area (Å²) in [7, 11) is -3.68. The number of piperazine rings is 1. The molecule has 0 aliphatic carbocycles. The third kappa shape index (κ3) is 2.72. The Labute approximate surface area is 118 Å². The van der Waals surface area contributed by atoms with Gasteiger partial charge in [-0.2, -0.15) is 12.7 Å². The second-order valence-corrected chi connectivity index (χ2v) is 6.50. The highest BCUT2D eigenvalue weighted by molar-refractivity contribution is 7.86. The molecule has 1 aliphatic rings. The molecular formula is C12H19N3O4S. The van der Waals surface area contributed by atoms with Gasteiger partial charge in [0.15, 0.2) is 0 Å². The molecule has 0 atom stereocenters. The van der Waals surface area contributed by atoms with Gasteiger partial charge in [-0.05, 0) is 20.8 Å². The number of carbonyl (C=O) groups is 1. The van der Waals surface area contributed by atoms with Gasteiger partial charge < -0.3 is 9.32 Å². The van der Waals surface area contributed by atoms with Crippen LogP contribution in [0.2, 0.25) is 0 Å². The Balaban J connectivity index is 2.13. The van der Waals surface area contributed by atoms with Crippen molar-refractivity contribution in [3.63, 3.8) is 0 Å². The number of furan rings is 1. The molecule has 0 radical (unpaired) electrons. The van der Waals surface area contributed by atoms with Gasteiger partial charge in [0.2, 0.25) is 0 Å². The number of hydrogen-bond donors (Lipinski definition) is 1. The first-order valence-corrected chi connectivity index (χ1v) is 7.86. The summed E-state index contributed by atoms with van der Waals surface area (Å²) < 4.78 is 29.1. The number of rotatable bonds is 2. The molecular weight excluding hydrogens is 282 g/mol. The fraction of sp³-hybridized carbons (Fsp3) is 0.583. The van der Waals surface area contributed by atoms with E-state index in [9.17, 15) is 13.2 Å². The third-order valence-electron chi connectivity index (χ3n) is 3.66. The summed E-state index contributed by atoms with van der Waals surface area (Å²) in [6.07, 6.45) is 0. The fourth-order valence-electron chi connectivity index (χ4n) is 2.41. The summed E-state index contributed by atoms with van der Waals surface area (Å²) in [5.74, 6) is 1.21. The van der Waals surface area contributed by atoms with Crippen LogP contribution >= 0.6 is 0 Å². The number of aryl methyl sites for hydroxylation is 2. The van der Waals surface area contributed by atoms with Gasteiger partial charge in [0.1, 0.15) is 11.5 Å². The maximum absolute atomic E-state index is 12.5. The average molecular weight is 301 g/mol. The molecule has 1 fully saturated rings. The smallest absolute Gasteiger partial charge is 0.277 e. The Kier molecular flexibility index (Phi) is 3.90. The number of nitrogens with two attached hydrogens (primary N) is 1. The Hall–Kier alpha value is -1.38. The zero-order valence-corrected chi connectivity index (χ0v) is 12.7. The number of carbonyl (C=O) groups excluding carboxylic acids is 1. The van der Waals surface area contributed by atoms with Crippen molar-refractivity contribution in [2.75, 3.05) is 26.2 Å². The van der Waals surface area contributed by atoms with Crippen LogP contribution in [0.5, 0.6) is 0 Å². The molecule has 0 spiro atoms. The quantitative estimate of drug-likeness (QED) is 0.842. The van der Waals surface area contributed by atoms with Crippen molar-refractivity contribution >= 4 is 16.1 Å². The molecule has 8 heteroatoms. The van der Waals surface area contributed by atoms with Crippen LogP contribution in [0.3, 0.4) is 0 Å². The highest BCUT2D eigenvalue weighted by atomic mass is 32.2. The summed E-state index contributed by atoms with van der Waals surface area (Å²) in [5.41, 5.74) is 1.41. The van der Waals surface area contributed by atoms with Crippen LogP contribution < -0.4 is 5.14 Å². The molecule has 0 unspecified atom stereocenters. The van der Waals surface area contributed by atoms with Crippen LogP contribution in [0.1, 0.15) is 27.4 Å². The maximum atomic E-state index is 12.5. The van der Waals surface area contributed by atoms with Crippen LogP contribution in [0.15, 0.2) is 4.42 Å². The summed E-state index contributed by atoms with van der Waals surface area (Å²) >= 11 is 0. The van der Waals surface area contributed by atoms with Crippen molar-refractivity contribution in [3.8, 4) is 0 Å². The van der Waals surface area contributed by atoms with E-state index in [0.29, 0.717) is 24.4 Å². The average Bonchev–Trinajstić information content (AvgIpc) is 2.62. The van der Waals surface area contributed by atoms with Gasteiger partial charge in [0.05, 0.1) is 5.56 Å². The molecule has 1 aromatic rings. The minimum absolute atomic E-state index is 0.120. The lowest BCUT2D eigenvalue weighted by molar-refractivity contribution is 0.0695. The molecule has 0 aromatic carbocycles. The molecule has 2 heterocycles. The van der Waals surface area contributed by atoms with E-state index in [1.165, 1.54) is 4.31 Å². The van der Waals surface area contributed by atoms with E-state index in [1.54, 1.807) is 11.8 Å². The molecule has 0 saturated carbocycles. The Morgan fingerprint density at radius 2 is 1.65 bits per heavy atom. The van der Waals surface area contributed by atoms with Crippen LogP contribution in [-0.2, 0) is 10.2 Å². The Morgan fingerprint density at radius 1 is 1.10 bits per heavy atom. The molecule has 2 rings (SSSR count). The lowest BCUT2D eigenvalue weighted by Gasteiger charge is -2.33. The first-order chi connectivity index (χ1) is 9.21. The van der Waals surface area contributed by atoms with Gasteiger partial charge in [0.25, 0.3) is 16.1 Å². The fourth-order valence-corrected chi connectivity index (χ4v) is 3.08. The molecule has 7 nitrogen and oxygen atoms in total. The van der Waals surface area contributed by atoms with Crippen molar-refractivity contribution < 1.29 is 17.6 Å². The molecule has 1 saturated heterocycles. The minimum atomic E-state index is -3.68. The van der Waals surface area contributed by atoms with E-state index in [1.807, 2.05) is 13.8 Å². The Morgan fingerprint density at radius 3 is 2.05 bits per heavy atom. The number of amides is 1. The van der Waals surface area contributed by atoms with Gasteiger partial charge in [-0.15, -0.1) is 0 Å². The van der Waals surface area contributed by atoms with E-state index >= 15 is 0 Å². The SMILES string of the molecule is Cc1oc(C)c(C(=O)N2CCN(S(N)(=O)=O)CC2)c1C. The molecule has 112 valence electrons. The monoisotopic (exact) mass is 301 g/mol. The van der Waals surface area contributed by atoms with Crippen LogP contribution in [-0.4, -0.2) is 49.7 Å². The Bertz CT molecular complexity index is 627. The largest absolute Gasteiger partial charge is 0.466 e. The van der Waals surface area contributed by atoms with Gasteiger partial charge in [0, 0.05) is 31.7 Å². The number of nitrogens with zero attached hydrogens (tertiary/aromatic N) is 2. The molecule has 1 aromatic heterocycles. The lowest BCUT2D eigenvalue weighted by atomic mass is 10.1. The molecule has 20 heavy (non-hydrogen) atoms. The molecule has 1 amide bonds. The third-order valence-corrected chi connectivity index (χ3v) is 4.75. The van der Waals surface area contributed by atoms with Crippen LogP contribution in [0.25, 0.3) is 0 Å². The lowest BCUT2D eigenvalue weighted by Crippen LogP contribution is -2.52. The van der Waals surface area contributed by atoms with Gasteiger partial charge in [-0.1, -0.05) is 0 Å². The first kappa shape index (κ1) is 15.0. The first-order valence-electron chi connectivity index (χ1n) is 6.35. The summed E-state index contributed by atoms with van der Waals surface area (Å²) in [4.78, 5) is 14.1. The maximum Gasteiger partial charge on any atom is 0.277 e. The topological polar surface area (TPSA) is 96.8 Å². The van der Waals surface area contributed by atoms with Crippen molar-refractivity contribution in [2.45, 2.75) is 20.8 Å². The highest BCUT2D eigenvalue weighted by Crippen LogP contribution is 2.23. The van der Waals surface area contributed by atoms with E-state index in [-0.39, 0.29) is 19.0 Å². The predicted octanol–water partition coefficient (Wildman–Crippen LogP) is 0.166. The van der Waals surface area contributed by atoms with E-state index in [0.717, 1.165) is 11.3 Å². The second kappa shape index (κ2) is 5.19. The van der Waals surface area contributed by atoms with Gasteiger partial charge in [-0.25, -0.2) is 5.14 Å². The summed E-state index contributed by atoms with van der Waals surface area (Å²) in [6, 6.07) is 0. The molecule has 0 bridgehead atoms. The zero-order chi connectivity index (χ0) is 15.1. The van der Waals surface area contributed by atoms with E-state index in [2.05, 4.69) is 0 Å². The van der Waals surface area contributed by atoms with Crippen molar-refractivity contribution in [1.82, 2.24) is 9.21 Å². The second-order valence-electron chi connectivity index (χ2n) is 4.95. The van der Waals surface area contributed by atoms with Crippen molar-refractivity contribution in [3.05, 3.63) is 22.6 Å². The predicted molar refractivity (Wildman–Crippen MR) is 73.5 cm³/mol. The standard InChI is InChI=1S/C12H19N3O4S/c1-8-9(2)19-10(3)11(8)12(16)14-4-6-15(7-5-14)20(13,17)18/h4-7H2,1-3H3,(H2,13,17,18). The molecule has 2 N–H and O–H groups in total. The summed E-state index contributed by atoms with van der Waals surface area (Å²) in [5, 5.41) is 5.07. The highest BCUT2D eigenvalue weighted by Gasteiger charge is 2.29. The molecule has 1 aliphatic heterocycles. The van der Waals surface area contributed by atoms with Crippen LogP contribution in [0, 0.1) is 20.8 Å². The van der Waals surface area contributed by atoms with E-state index in [4.69, 9.17) is 9.56 Å². The van der Waals surface area contributed by atoms with Gasteiger partial charge >= 0.3 is 0 Å². The van der Waals surface area contributed by atoms with Crippen LogP contribution in [0.4, 0.5) is 0 Å². The zero-order valence-electron chi connectivity index (χ0n) is 11.8. The van der Waals surface area contributed by atoms with Crippen molar-refractivity contribution in [2.24, 2.45) is 5.14 Å².